The molecule has 5 heteroatoms. The van der Waals surface area contributed by atoms with Gasteiger partial charge in [-0.15, -0.1) is 0 Å². The molecular weight excluding hydrogens is 270 g/mol. The average molecular weight is 297 g/mol. The third-order valence-corrected chi connectivity index (χ3v) is 5.09. The van der Waals surface area contributed by atoms with Crippen molar-refractivity contribution in [1.29, 1.82) is 0 Å². The summed E-state index contributed by atoms with van der Waals surface area (Å²) in [5.74, 6) is -0.0731. The summed E-state index contributed by atoms with van der Waals surface area (Å²) in [4.78, 5) is 25.5. The predicted molar refractivity (Wildman–Crippen MR) is 79.0 cm³/mol. The Labute approximate surface area is 126 Å². The summed E-state index contributed by atoms with van der Waals surface area (Å²) in [6.45, 7) is 2.34. The van der Waals surface area contributed by atoms with Crippen molar-refractivity contribution in [3.05, 3.63) is 0 Å². The van der Waals surface area contributed by atoms with Gasteiger partial charge in [-0.05, 0) is 37.0 Å². The highest BCUT2D eigenvalue weighted by molar-refractivity contribution is 5.78. The molecule has 0 aromatic carbocycles. The van der Waals surface area contributed by atoms with Gasteiger partial charge in [0, 0.05) is 33.2 Å². The minimum Gasteiger partial charge on any atom is -0.481 e. The monoisotopic (exact) mass is 297 g/mol. The van der Waals surface area contributed by atoms with Crippen molar-refractivity contribution in [1.82, 2.24) is 4.90 Å². The van der Waals surface area contributed by atoms with Crippen LogP contribution < -0.4 is 0 Å². The number of rotatable bonds is 6. The highest BCUT2D eigenvalue weighted by Gasteiger charge is 2.39. The first kappa shape index (κ1) is 16.3. The summed E-state index contributed by atoms with van der Waals surface area (Å²) >= 11 is 0. The fourth-order valence-corrected chi connectivity index (χ4v) is 3.88. The van der Waals surface area contributed by atoms with Crippen molar-refractivity contribution in [2.45, 2.75) is 51.4 Å². The van der Waals surface area contributed by atoms with Gasteiger partial charge in [-0.25, -0.2) is 0 Å². The number of amides is 1. The number of nitrogens with zero attached hydrogens (tertiary/aromatic N) is 1. The first-order chi connectivity index (χ1) is 10.0. The number of piperidine rings is 1. The zero-order chi connectivity index (χ0) is 15.3. The lowest BCUT2D eigenvalue weighted by Crippen LogP contribution is -2.41. The van der Waals surface area contributed by atoms with Crippen LogP contribution in [-0.2, 0) is 14.3 Å². The van der Waals surface area contributed by atoms with E-state index in [-0.39, 0.29) is 17.7 Å². The molecule has 1 saturated heterocycles. The van der Waals surface area contributed by atoms with E-state index < -0.39 is 5.97 Å². The summed E-state index contributed by atoms with van der Waals surface area (Å²) in [5.41, 5.74) is -0.285. The zero-order valence-corrected chi connectivity index (χ0v) is 13.0. The van der Waals surface area contributed by atoms with Crippen LogP contribution in [0.15, 0.2) is 0 Å². The van der Waals surface area contributed by atoms with Gasteiger partial charge >= 0.3 is 5.97 Å². The molecule has 1 N–H and O–H groups in total. The second-order valence-electron chi connectivity index (χ2n) is 6.73. The second kappa shape index (κ2) is 7.25. The van der Waals surface area contributed by atoms with Crippen LogP contribution in [0.5, 0.6) is 0 Å². The van der Waals surface area contributed by atoms with Crippen LogP contribution in [0.25, 0.3) is 0 Å². The van der Waals surface area contributed by atoms with Gasteiger partial charge < -0.3 is 14.7 Å². The molecule has 2 rings (SSSR count). The smallest absolute Gasteiger partial charge is 0.303 e. The number of carbonyl (C=O) groups is 2. The number of methoxy groups -OCH3 is 1. The summed E-state index contributed by atoms with van der Waals surface area (Å²) in [6.07, 6.45) is 6.40. The lowest BCUT2D eigenvalue weighted by molar-refractivity contribution is -0.142. The SMILES string of the molecule is COCC1CCN(C(=O)CC2(CC(=O)O)CCCC2)CC1. The number of carboxylic acids is 1. The third kappa shape index (κ3) is 4.43. The summed E-state index contributed by atoms with van der Waals surface area (Å²) in [7, 11) is 1.72. The van der Waals surface area contributed by atoms with E-state index in [9.17, 15) is 9.59 Å². The van der Waals surface area contributed by atoms with E-state index in [0.29, 0.717) is 12.3 Å². The van der Waals surface area contributed by atoms with Crippen LogP contribution in [-0.4, -0.2) is 48.7 Å². The molecule has 2 fully saturated rings. The summed E-state index contributed by atoms with van der Waals surface area (Å²) in [6, 6.07) is 0. The molecule has 0 aromatic rings. The largest absolute Gasteiger partial charge is 0.481 e. The lowest BCUT2D eigenvalue weighted by atomic mass is 9.79. The van der Waals surface area contributed by atoms with Crippen molar-refractivity contribution < 1.29 is 19.4 Å². The van der Waals surface area contributed by atoms with E-state index in [2.05, 4.69) is 0 Å². The molecule has 21 heavy (non-hydrogen) atoms. The number of hydrogen-bond acceptors (Lipinski definition) is 3. The minimum absolute atomic E-state index is 0.138. The Bertz CT molecular complexity index is 368. The first-order valence-corrected chi connectivity index (χ1v) is 8.03. The Morgan fingerprint density at radius 2 is 1.81 bits per heavy atom. The van der Waals surface area contributed by atoms with Crippen molar-refractivity contribution in [3.8, 4) is 0 Å². The van der Waals surface area contributed by atoms with Crippen LogP contribution >= 0.6 is 0 Å². The Balaban J connectivity index is 1.87. The molecule has 0 bridgehead atoms. The third-order valence-electron chi connectivity index (χ3n) is 5.09. The maximum Gasteiger partial charge on any atom is 0.303 e. The van der Waals surface area contributed by atoms with Gasteiger partial charge in [0.25, 0.3) is 0 Å². The van der Waals surface area contributed by atoms with Crippen LogP contribution in [0.3, 0.4) is 0 Å². The molecule has 0 radical (unpaired) electrons. The maximum atomic E-state index is 12.5. The Morgan fingerprint density at radius 1 is 1.19 bits per heavy atom. The van der Waals surface area contributed by atoms with Gasteiger partial charge in [-0.3, -0.25) is 9.59 Å². The van der Waals surface area contributed by atoms with Crippen molar-refractivity contribution in [3.63, 3.8) is 0 Å². The van der Waals surface area contributed by atoms with Gasteiger partial charge in [0.1, 0.15) is 0 Å². The fourth-order valence-electron chi connectivity index (χ4n) is 3.88. The molecule has 0 spiro atoms. The Hall–Kier alpha value is -1.10. The van der Waals surface area contributed by atoms with Gasteiger partial charge in [-0.1, -0.05) is 12.8 Å². The topological polar surface area (TPSA) is 66.8 Å². The van der Waals surface area contributed by atoms with E-state index >= 15 is 0 Å². The van der Waals surface area contributed by atoms with E-state index in [1.807, 2.05) is 4.90 Å². The summed E-state index contributed by atoms with van der Waals surface area (Å²) in [5, 5.41) is 9.12. The highest BCUT2D eigenvalue weighted by atomic mass is 16.5. The minimum atomic E-state index is -0.775. The average Bonchev–Trinajstić information content (AvgIpc) is 2.87. The molecule has 1 aliphatic carbocycles. The van der Waals surface area contributed by atoms with Crippen LogP contribution in [0.4, 0.5) is 0 Å². The number of ether oxygens (including phenoxy) is 1. The van der Waals surface area contributed by atoms with Gasteiger partial charge in [0.2, 0.25) is 5.91 Å². The van der Waals surface area contributed by atoms with Crippen LogP contribution in [0.1, 0.15) is 51.4 Å². The normalized spacial score (nSPS) is 22.4. The Kier molecular flexibility index (Phi) is 5.62. The van der Waals surface area contributed by atoms with E-state index in [0.717, 1.165) is 58.2 Å². The fraction of sp³-hybridized carbons (Fsp3) is 0.875. The molecule has 1 heterocycles. The maximum absolute atomic E-state index is 12.5. The highest BCUT2D eigenvalue weighted by Crippen LogP contribution is 2.44. The molecule has 1 amide bonds. The molecule has 120 valence electrons. The van der Waals surface area contributed by atoms with Crippen LogP contribution in [0, 0.1) is 11.3 Å². The second-order valence-corrected chi connectivity index (χ2v) is 6.73. The quantitative estimate of drug-likeness (QED) is 0.817. The number of likely N-dealkylation sites (tertiary alicyclic amines) is 1. The predicted octanol–water partition coefficient (Wildman–Crippen LogP) is 2.30. The molecular formula is C16H27NO4. The van der Waals surface area contributed by atoms with Crippen LogP contribution in [0.2, 0.25) is 0 Å². The number of aliphatic carboxylic acids is 1. The summed E-state index contributed by atoms with van der Waals surface area (Å²) < 4.78 is 5.18. The molecule has 1 saturated carbocycles. The number of hydrogen-bond donors (Lipinski definition) is 1. The van der Waals surface area contributed by atoms with Crippen molar-refractivity contribution in [2.24, 2.45) is 11.3 Å². The first-order valence-electron chi connectivity index (χ1n) is 8.03. The van der Waals surface area contributed by atoms with E-state index in [4.69, 9.17) is 9.84 Å². The van der Waals surface area contributed by atoms with Crippen molar-refractivity contribution in [2.75, 3.05) is 26.8 Å². The number of carbonyl (C=O) groups excluding carboxylic acids is 1. The van der Waals surface area contributed by atoms with E-state index in [1.165, 1.54) is 0 Å². The van der Waals surface area contributed by atoms with Gasteiger partial charge in [0.15, 0.2) is 0 Å². The zero-order valence-electron chi connectivity index (χ0n) is 13.0. The molecule has 0 atom stereocenters. The van der Waals surface area contributed by atoms with Gasteiger partial charge in [-0.2, -0.15) is 0 Å². The van der Waals surface area contributed by atoms with Crippen molar-refractivity contribution >= 4 is 11.9 Å². The van der Waals surface area contributed by atoms with Gasteiger partial charge in [0.05, 0.1) is 6.42 Å². The lowest BCUT2D eigenvalue weighted by Gasteiger charge is -2.35. The number of carboxylic acid groups (broad SMARTS) is 1. The van der Waals surface area contributed by atoms with E-state index in [1.54, 1.807) is 7.11 Å². The Morgan fingerprint density at radius 3 is 2.33 bits per heavy atom. The molecule has 2 aliphatic rings. The molecule has 5 nitrogen and oxygen atoms in total. The molecule has 0 unspecified atom stereocenters. The molecule has 0 aromatic heterocycles. The molecule has 1 aliphatic heterocycles. The standard InChI is InChI=1S/C16H27NO4/c1-21-12-13-4-8-17(9-5-13)14(18)10-16(11-15(19)20)6-2-3-7-16/h13H,2-12H2,1H3,(H,19,20).